The van der Waals surface area contributed by atoms with Gasteiger partial charge >= 0.3 is 0 Å². The summed E-state index contributed by atoms with van der Waals surface area (Å²) in [4.78, 5) is 17.3. The van der Waals surface area contributed by atoms with Gasteiger partial charge in [-0.2, -0.15) is 0 Å². The molecule has 4 aromatic carbocycles. The molecule has 1 saturated heterocycles. The molecule has 1 aliphatic rings. The van der Waals surface area contributed by atoms with Gasteiger partial charge in [-0.05, 0) is 41.3 Å². The monoisotopic (exact) mass is 451 g/mol. The zero-order chi connectivity index (χ0) is 23.2. The van der Waals surface area contributed by atoms with Crippen molar-refractivity contribution >= 4 is 28.1 Å². The van der Waals surface area contributed by atoms with E-state index in [0.29, 0.717) is 0 Å². The summed E-state index contributed by atoms with van der Waals surface area (Å²) in [5.41, 5.74) is 3.32. The molecule has 5 rings (SSSR count). The van der Waals surface area contributed by atoms with Crippen molar-refractivity contribution in [3.05, 3.63) is 103 Å². The zero-order valence-electron chi connectivity index (χ0n) is 19.2. The summed E-state index contributed by atoms with van der Waals surface area (Å²) in [5, 5.41) is 5.03. The molecule has 0 aliphatic carbocycles. The first-order valence-corrected chi connectivity index (χ1v) is 11.8. The lowest BCUT2D eigenvalue weighted by Gasteiger charge is -2.36. The largest absolute Gasteiger partial charge is 0.483 e. The van der Waals surface area contributed by atoms with Crippen LogP contribution in [0.1, 0.15) is 5.56 Å². The number of hydrogen-bond donors (Lipinski definition) is 1. The van der Waals surface area contributed by atoms with Crippen LogP contribution < -0.4 is 15.0 Å². The Morgan fingerprint density at radius 3 is 2.26 bits per heavy atom. The fraction of sp³-hybridized carbons (Fsp3) is 0.207. The maximum atomic E-state index is 12.4. The van der Waals surface area contributed by atoms with Gasteiger partial charge in [0.15, 0.2) is 6.61 Å². The number of nitrogens with one attached hydrogen (secondary N) is 1. The molecule has 0 saturated carbocycles. The van der Waals surface area contributed by atoms with E-state index < -0.39 is 0 Å². The first kappa shape index (κ1) is 22.0. The highest BCUT2D eigenvalue weighted by Gasteiger charge is 2.17. The van der Waals surface area contributed by atoms with Gasteiger partial charge in [0.05, 0.1) is 0 Å². The molecule has 5 nitrogen and oxygen atoms in total. The van der Waals surface area contributed by atoms with Crippen LogP contribution in [0.4, 0.5) is 11.4 Å². The van der Waals surface area contributed by atoms with Crippen molar-refractivity contribution in [2.45, 2.75) is 6.54 Å². The van der Waals surface area contributed by atoms with E-state index in [1.807, 2.05) is 54.6 Å². The molecular formula is C29H29N3O2. The molecule has 5 heteroatoms. The second kappa shape index (κ2) is 10.4. The van der Waals surface area contributed by atoms with E-state index in [-0.39, 0.29) is 12.5 Å². The molecule has 0 atom stereocenters. The summed E-state index contributed by atoms with van der Waals surface area (Å²) in [6, 6.07) is 32.6. The highest BCUT2D eigenvalue weighted by molar-refractivity contribution is 5.93. The lowest BCUT2D eigenvalue weighted by atomic mass is 10.1. The topological polar surface area (TPSA) is 44.8 Å². The first-order chi connectivity index (χ1) is 16.7. The summed E-state index contributed by atoms with van der Waals surface area (Å²) < 4.78 is 5.80. The van der Waals surface area contributed by atoms with Crippen molar-refractivity contribution in [2.75, 3.05) is 43.0 Å². The predicted octanol–water partition coefficient (Wildman–Crippen LogP) is 5.18. The van der Waals surface area contributed by atoms with E-state index >= 15 is 0 Å². The number of benzene rings is 4. The lowest BCUT2D eigenvalue weighted by Crippen LogP contribution is -2.45. The number of nitrogens with zero attached hydrogens (tertiary/aromatic N) is 2. The zero-order valence-corrected chi connectivity index (χ0v) is 19.2. The summed E-state index contributed by atoms with van der Waals surface area (Å²) in [6.07, 6.45) is 0. The van der Waals surface area contributed by atoms with Crippen LogP contribution in [0.3, 0.4) is 0 Å². The van der Waals surface area contributed by atoms with E-state index in [4.69, 9.17) is 4.74 Å². The van der Waals surface area contributed by atoms with Gasteiger partial charge in [0.25, 0.3) is 5.91 Å². The van der Waals surface area contributed by atoms with Crippen LogP contribution in [0.2, 0.25) is 0 Å². The number of carbonyl (C=O) groups is 1. The maximum absolute atomic E-state index is 12.4. The standard InChI is InChI=1S/C29H29N3O2/c33-29(22-34-28-12-6-10-24-9-4-5-11-27(24)28)30-25-13-15-26(16-14-25)32-19-17-31(18-20-32)21-23-7-2-1-3-8-23/h1-16H,17-22H2,(H,30,33). The fourth-order valence-corrected chi connectivity index (χ4v) is 4.42. The molecule has 1 aliphatic heterocycles. The van der Waals surface area contributed by atoms with Crippen molar-refractivity contribution in [2.24, 2.45) is 0 Å². The first-order valence-electron chi connectivity index (χ1n) is 11.8. The van der Waals surface area contributed by atoms with E-state index in [9.17, 15) is 4.79 Å². The summed E-state index contributed by atoms with van der Waals surface area (Å²) in [5.74, 6) is 0.546. The molecule has 1 N–H and O–H groups in total. The Morgan fingerprint density at radius 2 is 1.47 bits per heavy atom. The number of amides is 1. The molecule has 1 fully saturated rings. The van der Waals surface area contributed by atoms with Gasteiger partial charge < -0.3 is 15.0 Å². The van der Waals surface area contributed by atoms with Gasteiger partial charge in [0.1, 0.15) is 5.75 Å². The van der Waals surface area contributed by atoms with E-state index in [1.54, 1.807) is 0 Å². The molecule has 1 heterocycles. The Bertz CT molecular complexity index is 1230. The molecule has 0 unspecified atom stereocenters. The van der Waals surface area contributed by atoms with Crippen molar-refractivity contribution < 1.29 is 9.53 Å². The van der Waals surface area contributed by atoms with Gasteiger partial charge in [0, 0.05) is 49.5 Å². The predicted molar refractivity (Wildman–Crippen MR) is 138 cm³/mol. The van der Waals surface area contributed by atoms with Gasteiger partial charge in [-0.15, -0.1) is 0 Å². The van der Waals surface area contributed by atoms with Crippen molar-refractivity contribution in [1.29, 1.82) is 0 Å². The number of anilines is 2. The smallest absolute Gasteiger partial charge is 0.262 e. The molecular weight excluding hydrogens is 422 g/mol. The fourth-order valence-electron chi connectivity index (χ4n) is 4.42. The van der Waals surface area contributed by atoms with Crippen LogP contribution in [0, 0.1) is 0 Å². The average Bonchev–Trinajstić information content (AvgIpc) is 2.89. The van der Waals surface area contributed by atoms with Crippen LogP contribution in [0.15, 0.2) is 97.1 Å². The third-order valence-corrected chi connectivity index (χ3v) is 6.25. The summed E-state index contributed by atoms with van der Waals surface area (Å²) in [7, 11) is 0. The second-order valence-electron chi connectivity index (χ2n) is 8.61. The van der Waals surface area contributed by atoms with Gasteiger partial charge in [-0.3, -0.25) is 9.69 Å². The van der Waals surface area contributed by atoms with E-state index in [2.05, 4.69) is 57.6 Å². The number of carbonyl (C=O) groups excluding carboxylic acids is 1. The van der Waals surface area contributed by atoms with Crippen LogP contribution in [-0.4, -0.2) is 43.6 Å². The van der Waals surface area contributed by atoms with Gasteiger partial charge in [0.2, 0.25) is 0 Å². The number of hydrogen-bond acceptors (Lipinski definition) is 4. The second-order valence-corrected chi connectivity index (χ2v) is 8.61. The minimum absolute atomic E-state index is 0.0286. The van der Waals surface area contributed by atoms with Crippen molar-refractivity contribution in [1.82, 2.24) is 4.90 Å². The normalized spacial score (nSPS) is 14.2. The summed E-state index contributed by atoms with van der Waals surface area (Å²) >= 11 is 0. The minimum Gasteiger partial charge on any atom is -0.483 e. The molecule has 0 radical (unpaired) electrons. The highest BCUT2D eigenvalue weighted by Crippen LogP contribution is 2.25. The summed E-state index contributed by atoms with van der Waals surface area (Å²) in [6.45, 7) is 5.05. The van der Waals surface area contributed by atoms with Crippen LogP contribution >= 0.6 is 0 Å². The minimum atomic E-state index is -0.171. The van der Waals surface area contributed by atoms with E-state index in [1.165, 1.54) is 11.3 Å². The molecule has 34 heavy (non-hydrogen) atoms. The van der Waals surface area contributed by atoms with E-state index in [0.717, 1.165) is 54.9 Å². The van der Waals surface area contributed by atoms with Crippen molar-refractivity contribution in [3.8, 4) is 5.75 Å². The molecule has 4 aromatic rings. The Balaban J connectivity index is 1.11. The highest BCUT2D eigenvalue weighted by atomic mass is 16.5. The number of ether oxygens (including phenoxy) is 1. The Morgan fingerprint density at radius 1 is 0.765 bits per heavy atom. The molecule has 0 aromatic heterocycles. The maximum Gasteiger partial charge on any atom is 0.262 e. The van der Waals surface area contributed by atoms with Crippen LogP contribution in [0.25, 0.3) is 10.8 Å². The van der Waals surface area contributed by atoms with Gasteiger partial charge in [-0.25, -0.2) is 0 Å². The third kappa shape index (κ3) is 5.38. The lowest BCUT2D eigenvalue weighted by molar-refractivity contribution is -0.118. The quantitative estimate of drug-likeness (QED) is 0.421. The third-order valence-electron chi connectivity index (χ3n) is 6.25. The molecule has 172 valence electrons. The van der Waals surface area contributed by atoms with Crippen LogP contribution in [0.5, 0.6) is 5.75 Å². The Kier molecular flexibility index (Phi) is 6.73. The number of rotatable bonds is 7. The number of piperazine rings is 1. The Hall–Kier alpha value is -3.83. The Labute approximate surface area is 200 Å². The SMILES string of the molecule is O=C(COc1cccc2ccccc12)Nc1ccc(N2CCN(Cc3ccccc3)CC2)cc1. The van der Waals surface area contributed by atoms with Crippen LogP contribution in [-0.2, 0) is 11.3 Å². The number of fused-ring (bicyclic) bond motifs is 1. The molecule has 0 spiro atoms. The molecule has 1 amide bonds. The van der Waals surface area contributed by atoms with Crippen molar-refractivity contribution in [3.63, 3.8) is 0 Å². The average molecular weight is 452 g/mol. The molecule has 0 bridgehead atoms. The van der Waals surface area contributed by atoms with Gasteiger partial charge in [-0.1, -0.05) is 66.7 Å².